The summed E-state index contributed by atoms with van der Waals surface area (Å²) < 4.78 is 4.47. The number of carbonyl (C=O) groups is 2. The van der Waals surface area contributed by atoms with Gasteiger partial charge in [0.05, 0.1) is 5.56 Å². The van der Waals surface area contributed by atoms with Gasteiger partial charge >= 0.3 is 11.9 Å². The highest BCUT2D eigenvalue weighted by molar-refractivity contribution is 7.08. The van der Waals surface area contributed by atoms with Gasteiger partial charge in [0.2, 0.25) is 0 Å². The van der Waals surface area contributed by atoms with Gasteiger partial charge in [0.15, 0.2) is 5.69 Å². The van der Waals surface area contributed by atoms with Gasteiger partial charge in [-0.2, -0.15) is 11.3 Å². The molecular formula is C11H5NO3S. The van der Waals surface area contributed by atoms with Crippen molar-refractivity contribution in [3.8, 4) is 11.1 Å². The first-order valence-corrected chi connectivity index (χ1v) is 5.49. The number of pyridine rings is 1. The van der Waals surface area contributed by atoms with E-state index in [9.17, 15) is 9.59 Å². The second-order valence-electron chi connectivity index (χ2n) is 3.31. The van der Waals surface area contributed by atoms with Gasteiger partial charge in [-0.1, -0.05) is 0 Å². The summed E-state index contributed by atoms with van der Waals surface area (Å²) in [6, 6.07) is 3.56. The maximum absolute atomic E-state index is 11.3. The van der Waals surface area contributed by atoms with E-state index in [1.807, 2.05) is 16.8 Å². The SMILES string of the molecule is O=C1OC(=O)c2ncc(-c3ccsc3)cc21. The molecule has 1 aliphatic heterocycles. The van der Waals surface area contributed by atoms with Gasteiger partial charge < -0.3 is 4.74 Å². The Morgan fingerprint density at radius 2 is 2.06 bits per heavy atom. The smallest absolute Gasteiger partial charge is 0.365 e. The predicted octanol–water partition coefficient (Wildman–Crippen LogP) is 2.12. The fraction of sp³-hybridized carbons (Fsp3) is 0. The van der Waals surface area contributed by atoms with Gasteiger partial charge in [0.25, 0.3) is 0 Å². The molecule has 0 radical (unpaired) electrons. The lowest BCUT2D eigenvalue weighted by atomic mass is 10.1. The van der Waals surface area contributed by atoms with E-state index in [2.05, 4.69) is 9.72 Å². The number of ether oxygens (including phenoxy) is 1. The summed E-state index contributed by atoms with van der Waals surface area (Å²) in [5.41, 5.74) is 2.14. The number of rotatable bonds is 1. The minimum absolute atomic E-state index is 0.101. The summed E-state index contributed by atoms with van der Waals surface area (Å²) in [5.74, 6) is -1.29. The molecule has 0 saturated heterocycles. The lowest BCUT2D eigenvalue weighted by molar-refractivity contribution is 0.0441. The summed E-state index contributed by atoms with van der Waals surface area (Å²) in [4.78, 5) is 26.4. The third-order valence-corrected chi connectivity index (χ3v) is 3.02. The van der Waals surface area contributed by atoms with Crippen molar-refractivity contribution in [2.75, 3.05) is 0 Å². The average molecular weight is 231 g/mol. The second kappa shape index (κ2) is 3.24. The molecule has 0 N–H and O–H groups in total. The van der Waals surface area contributed by atoms with Crippen molar-refractivity contribution in [3.63, 3.8) is 0 Å². The van der Waals surface area contributed by atoms with E-state index in [1.165, 1.54) is 0 Å². The van der Waals surface area contributed by atoms with Gasteiger partial charge in [-0.3, -0.25) is 0 Å². The number of fused-ring (bicyclic) bond motifs is 1. The number of hydrogen-bond acceptors (Lipinski definition) is 5. The average Bonchev–Trinajstić information content (AvgIpc) is 2.88. The highest BCUT2D eigenvalue weighted by Gasteiger charge is 2.31. The molecule has 1 aliphatic rings. The quantitative estimate of drug-likeness (QED) is 0.557. The highest BCUT2D eigenvalue weighted by Crippen LogP contribution is 2.26. The normalized spacial score (nSPS) is 13.8. The van der Waals surface area contributed by atoms with Crippen LogP contribution in [0.5, 0.6) is 0 Å². The third kappa shape index (κ3) is 1.25. The summed E-state index contributed by atoms with van der Waals surface area (Å²) in [6.45, 7) is 0. The summed E-state index contributed by atoms with van der Waals surface area (Å²) in [5, 5.41) is 3.89. The number of nitrogens with zero attached hydrogens (tertiary/aromatic N) is 1. The van der Waals surface area contributed by atoms with Gasteiger partial charge in [-0.25, -0.2) is 14.6 Å². The fourth-order valence-corrected chi connectivity index (χ4v) is 2.22. The van der Waals surface area contributed by atoms with Crippen molar-refractivity contribution in [1.29, 1.82) is 0 Å². The fourth-order valence-electron chi connectivity index (χ4n) is 1.56. The van der Waals surface area contributed by atoms with Crippen molar-refractivity contribution < 1.29 is 14.3 Å². The maximum atomic E-state index is 11.3. The minimum atomic E-state index is -0.670. The summed E-state index contributed by atoms with van der Waals surface area (Å²) in [6.07, 6.45) is 1.57. The molecule has 78 valence electrons. The van der Waals surface area contributed by atoms with E-state index in [1.54, 1.807) is 23.6 Å². The molecule has 0 aromatic carbocycles. The number of carbonyl (C=O) groups excluding carboxylic acids is 2. The van der Waals surface area contributed by atoms with Gasteiger partial charge in [-0.05, 0) is 28.5 Å². The predicted molar refractivity (Wildman–Crippen MR) is 57.3 cm³/mol. The van der Waals surface area contributed by atoms with Crippen molar-refractivity contribution in [1.82, 2.24) is 4.98 Å². The van der Waals surface area contributed by atoms with Crippen molar-refractivity contribution in [3.05, 3.63) is 40.3 Å². The Morgan fingerprint density at radius 1 is 1.19 bits per heavy atom. The minimum Gasteiger partial charge on any atom is -0.384 e. The first-order valence-electron chi connectivity index (χ1n) is 4.55. The number of esters is 2. The molecule has 0 atom stereocenters. The van der Waals surface area contributed by atoms with Crippen LogP contribution in [0.2, 0.25) is 0 Å². The zero-order valence-corrected chi connectivity index (χ0v) is 8.78. The second-order valence-corrected chi connectivity index (χ2v) is 4.09. The Kier molecular flexibility index (Phi) is 1.87. The Balaban J connectivity index is 2.17. The molecule has 4 nitrogen and oxygen atoms in total. The molecule has 0 bridgehead atoms. The molecule has 0 aliphatic carbocycles. The van der Waals surface area contributed by atoms with Crippen molar-refractivity contribution >= 4 is 23.3 Å². The van der Waals surface area contributed by atoms with Crippen LogP contribution in [0, 0.1) is 0 Å². The Labute approximate surface area is 94.5 Å². The molecule has 16 heavy (non-hydrogen) atoms. The van der Waals surface area contributed by atoms with E-state index in [4.69, 9.17) is 0 Å². The number of hydrogen-bond donors (Lipinski definition) is 0. The van der Waals surface area contributed by atoms with Crippen LogP contribution in [0.15, 0.2) is 29.1 Å². The first-order chi connectivity index (χ1) is 7.75. The first kappa shape index (κ1) is 9.23. The van der Waals surface area contributed by atoms with E-state index in [0.717, 1.165) is 11.1 Å². The number of cyclic esters (lactones) is 2. The van der Waals surface area contributed by atoms with E-state index < -0.39 is 11.9 Å². The molecule has 2 aromatic rings. The number of thiophene rings is 1. The Bertz CT molecular complexity index is 589. The van der Waals surface area contributed by atoms with Gasteiger partial charge in [-0.15, -0.1) is 0 Å². The third-order valence-electron chi connectivity index (χ3n) is 2.34. The molecule has 3 heterocycles. The zero-order chi connectivity index (χ0) is 11.1. The van der Waals surface area contributed by atoms with Crippen LogP contribution in [0.25, 0.3) is 11.1 Å². The molecule has 0 saturated carbocycles. The van der Waals surface area contributed by atoms with Crippen molar-refractivity contribution in [2.24, 2.45) is 0 Å². The summed E-state index contributed by atoms with van der Waals surface area (Å²) in [7, 11) is 0. The van der Waals surface area contributed by atoms with Crippen LogP contribution in [0.3, 0.4) is 0 Å². The van der Waals surface area contributed by atoms with Crippen molar-refractivity contribution in [2.45, 2.75) is 0 Å². The lowest BCUT2D eigenvalue weighted by Gasteiger charge is -1.97. The number of aromatic nitrogens is 1. The molecule has 0 fully saturated rings. The van der Waals surface area contributed by atoms with Gasteiger partial charge in [0.1, 0.15) is 0 Å². The van der Waals surface area contributed by atoms with E-state index >= 15 is 0 Å². The maximum Gasteiger partial charge on any atom is 0.365 e. The molecule has 0 unspecified atom stereocenters. The largest absolute Gasteiger partial charge is 0.384 e. The van der Waals surface area contributed by atoms with Crippen LogP contribution in [0.4, 0.5) is 0 Å². The standard InChI is InChI=1S/C11H5NO3S/c13-10-8-3-7(6-1-2-16-5-6)4-12-9(8)11(14)15-10/h1-5H. The van der Waals surface area contributed by atoms with Crippen LogP contribution in [-0.2, 0) is 4.74 Å². The topological polar surface area (TPSA) is 56.3 Å². The molecule has 0 spiro atoms. The molecule has 2 aromatic heterocycles. The lowest BCUT2D eigenvalue weighted by Crippen LogP contribution is -1.97. The zero-order valence-electron chi connectivity index (χ0n) is 7.97. The van der Waals surface area contributed by atoms with E-state index in [-0.39, 0.29) is 11.3 Å². The van der Waals surface area contributed by atoms with E-state index in [0.29, 0.717) is 0 Å². The highest BCUT2D eigenvalue weighted by atomic mass is 32.1. The monoisotopic (exact) mass is 231 g/mol. The van der Waals surface area contributed by atoms with Crippen LogP contribution < -0.4 is 0 Å². The van der Waals surface area contributed by atoms with Crippen LogP contribution in [0.1, 0.15) is 20.8 Å². The Hall–Kier alpha value is -2.01. The van der Waals surface area contributed by atoms with Gasteiger partial charge in [0, 0.05) is 11.8 Å². The molecule has 3 rings (SSSR count). The summed E-state index contributed by atoms with van der Waals surface area (Å²) >= 11 is 1.56. The Morgan fingerprint density at radius 3 is 2.81 bits per heavy atom. The van der Waals surface area contributed by atoms with Crippen LogP contribution >= 0.6 is 11.3 Å². The van der Waals surface area contributed by atoms with Crippen LogP contribution in [-0.4, -0.2) is 16.9 Å². The molecule has 5 heteroatoms. The molecular weight excluding hydrogens is 226 g/mol. The molecule has 0 amide bonds.